The van der Waals surface area contributed by atoms with Gasteiger partial charge in [-0.1, -0.05) is 64.5 Å². The number of rotatable bonds is 4. The summed E-state index contributed by atoms with van der Waals surface area (Å²) in [4.78, 5) is 0. The van der Waals surface area contributed by atoms with Gasteiger partial charge in [-0.2, -0.15) is 8.78 Å². The third-order valence-corrected chi connectivity index (χ3v) is 9.62. The van der Waals surface area contributed by atoms with Gasteiger partial charge < -0.3 is 0 Å². The van der Waals surface area contributed by atoms with Crippen LogP contribution in [0.1, 0.15) is 20.8 Å². The summed E-state index contributed by atoms with van der Waals surface area (Å²) in [6.07, 6.45) is -1.53. The number of allylic oxidation sites excluding steroid dienone is 1. The fraction of sp³-hybridized carbons (Fsp3) is 0.692. The van der Waals surface area contributed by atoms with Gasteiger partial charge in [0, 0.05) is 0 Å². The molecular weight excluding hydrogens is 250 g/mol. The standard InChI is InChI=1S/C13H24F2Si2/c1-7-17(8-2,9-3)12(13(14)15)10-11-16(4,5)6/h7-9H2,1-6H3. The highest BCUT2D eigenvalue weighted by Gasteiger charge is 2.34. The smallest absolute Gasteiger partial charge is 0.173 e. The van der Waals surface area contributed by atoms with Crippen LogP contribution >= 0.6 is 0 Å². The van der Waals surface area contributed by atoms with Gasteiger partial charge in [-0.15, -0.1) is 5.54 Å². The van der Waals surface area contributed by atoms with Crippen LogP contribution in [0.5, 0.6) is 0 Å². The van der Waals surface area contributed by atoms with Crippen molar-refractivity contribution in [3.8, 4) is 11.5 Å². The molecule has 17 heavy (non-hydrogen) atoms. The van der Waals surface area contributed by atoms with Crippen molar-refractivity contribution in [3.63, 3.8) is 0 Å². The Morgan fingerprint density at radius 2 is 1.35 bits per heavy atom. The van der Waals surface area contributed by atoms with Crippen molar-refractivity contribution in [3.05, 3.63) is 11.3 Å². The molecule has 4 heteroatoms. The number of hydrogen-bond donors (Lipinski definition) is 0. The molecule has 0 saturated carbocycles. The van der Waals surface area contributed by atoms with E-state index in [-0.39, 0.29) is 5.20 Å². The van der Waals surface area contributed by atoms with Gasteiger partial charge >= 0.3 is 0 Å². The van der Waals surface area contributed by atoms with Crippen LogP contribution in [-0.2, 0) is 0 Å². The molecule has 0 heterocycles. The number of halogens is 2. The number of hydrogen-bond acceptors (Lipinski definition) is 0. The minimum absolute atomic E-state index is 0.215. The monoisotopic (exact) mass is 274 g/mol. The van der Waals surface area contributed by atoms with Crippen LogP contribution in [0, 0.1) is 11.5 Å². The van der Waals surface area contributed by atoms with Gasteiger partial charge in [0.05, 0.1) is 5.20 Å². The van der Waals surface area contributed by atoms with Crippen LogP contribution in [0.2, 0.25) is 37.8 Å². The van der Waals surface area contributed by atoms with Gasteiger partial charge in [0.2, 0.25) is 0 Å². The van der Waals surface area contributed by atoms with Gasteiger partial charge in [0.15, 0.2) is 0 Å². The summed E-state index contributed by atoms with van der Waals surface area (Å²) in [6, 6.07) is 2.56. The maximum atomic E-state index is 13.2. The van der Waals surface area contributed by atoms with Crippen molar-refractivity contribution in [1.29, 1.82) is 0 Å². The maximum absolute atomic E-state index is 13.2. The average molecular weight is 275 g/mol. The summed E-state index contributed by atoms with van der Waals surface area (Å²) in [7, 11) is -3.62. The Hall–Kier alpha value is -0.406. The van der Waals surface area contributed by atoms with Gasteiger partial charge in [-0.25, -0.2) is 0 Å². The summed E-state index contributed by atoms with van der Waals surface area (Å²) in [5, 5.41) is 0.215. The summed E-state index contributed by atoms with van der Waals surface area (Å²) in [5.74, 6) is 2.86. The first-order valence-electron chi connectivity index (χ1n) is 6.31. The lowest BCUT2D eigenvalue weighted by Gasteiger charge is -2.27. The molecule has 0 aliphatic carbocycles. The van der Waals surface area contributed by atoms with Crippen molar-refractivity contribution in [2.24, 2.45) is 0 Å². The minimum atomic E-state index is -2.03. The highest BCUT2D eigenvalue weighted by Crippen LogP contribution is 2.31. The quantitative estimate of drug-likeness (QED) is 0.496. The first kappa shape index (κ1) is 16.6. The maximum Gasteiger partial charge on any atom is 0.277 e. The second-order valence-corrected chi connectivity index (χ2v) is 15.4. The predicted molar refractivity (Wildman–Crippen MR) is 77.6 cm³/mol. The van der Waals surface area contributed by atoms with Crippen LogP contribution in [-0.4, -0.2) is 16.1 Å². The van der Waals surface area contributed by atoms with Gasteiger partial charge in [0.1, 0.15) is 16.1 Å². The molecule has 0 saturated heterocycles. The first-order valence-corrected chi connectivity index (χ1v) is 12.4. The molecule has 0 spiro atoms. The highest BCUT2D eigenvalue weighted by molar-refractivity contribution is 6.88. The molecule has 0 aromatic carbocycles. The molecular formula is C13H24F2Si2. The fourth-order valence-electron chi connectivity index (χ4n) is 1.91. The zero-order chi connectivity index (χ0) is 13.7. The largest absolute Gasteiger partial charge is 0.277 e. The predicted octanol–water partition coefficient (Wildman–Crippen LogP) is 5.07. The topological polar surface area (TPSA) is 0 Å². The van der Waals surface area contributed by atoms with E-state index in [1.54, 1.807) is 0 Å². The van der Waals surface area contributed by atoms with E-state index in [1.807, 2.05) is 20.8 Å². The lowest BCUT2D eigenvalue weighted by Crippen LogP contribution is -2.35. The summed E-state index contributed by atoms with van der Waals surface area (Å²) < 4.78 is 26.3. The van der Waals surface area contributed by atoms with E-state index in [1.165, 1.54) is 0 Å². The van der Waals surface area contributed by atoms with Gasteiger partial charge in [-0.3, -0.25) is 0 Å². The van der Waals surface area contributed by atoms with Crippen LogP contribution in [0.4, 0.5) is 8.78 Å². The molecule has 0 nitrogen and oxygen atoms in total. The second kappa shape index (κ2) is 6.51. The molecule has 0 N–H and O–H groups in total. The molecule has 0 bridgehead atoms. The molecule has 0 radical (unpaired) electrons. The summed E-state index contributed by atoms with van der Waals surface area (Å²) >= 11 is 0. The fourth-order valence-corrected chi connectivity index (χ4v) is 5.82. The Bertz CT molecular complexity index is 326. The second-order valence-electron chi connectivity index (χ2n) is 5.48. The molecule has 0 aromatic heterocycles. The normalized spacial score (nSPS) is 11.8. The van der Waals surface area contributed by atoms with E-state index in [0.717, 1.165) is 18.1 Å². The van der Waals surface area contributed by atoms with E-state index in [9.17, 15) is 8.78 Å². The van der Waals surface area contributed by atoms with E-state index in [0.29, 0.717) is 0 Å². The zero-order valence-electron chi connectivity index (χ0n) is 11.9. The van der Waals surface area contributed by atoms with Crippen LogP contribution in [0.25, 0.3) is 0 Å². The molecule has 0 aliphatic heterocycles. The minimum Gasteiger partial charge on any atom is -0.173 e. The molecule has 0 aliphatic rings. The van der Waals surface area contributed by atoms with Crippen molar-refractivity contribution in [2.75, 3.05) is 0 Å². The van der Waals surface area contributed by atoms with Gasteiger partial charge in [0.25, 0.3) is 6.08 Å². The first-order chi connectivity index (χ1) is 7.72. The van der Waals surface area contributed by atoms with Crippen molar-refractivity contribution in [1.82, 2.24) is 0 Å². The Morgan fingerprint density at radius 3 is 1.59 bits per heavy atom. The molecule has 0 amide bonds. The molecule has 0 rings (SSSR count). The Balaban J connectivity index is 5.54. The SMILES string of the molecule is CC[Si](CC)(CC)C(C#C[Si](C)(C)C)=C(F)F. The zero-order valence-corrected chi connectivity index (χ0v) is 13.9. The van der Waals surface area contributed by atoms with E-state index in [2.05, 4.69) is 31.1 Å². The molecule has 0 aromatic rings. The van der Waals surface area contributed by atoms with Gasteiger partial charge in [-0.05, 0) is 0 Å². The van der Waals surface area contributed by atoms with Crippen LogP contribution < -0.4 is 0 Å². The van der Waals surface area contributed by atoms with Crippen molar-refractivity contribution >= 4 is 16.1 Å². The Labute approximate surface area is 107 Å². The molecule has 98 valence electrons. The summed E-state index contributed by atoms with van der Waals surface area (Å²) in [5.41, 5.74) is 3.10. The molecule has 0 unspecified atom stereocenters. The third-order valence-electron chi connectivity index (χ3n) is 3.31. The van der Waals surface area contributed by atoms with Crippen molar-refractivity contribution in [2.45, 2.75) is 58.5 Å². The Kier molecular flexibility index (Phi) is 6.35. The van der Waals surface area contributed by atoms with E-state index in [4.69, 9.17) is 0 Å². The van der Waals surface area contributed by atoms with Crippen LogP contribution in [0.3, 0.4) is 0 Å². The highest BCUT2D eigenvalue weighted by atomic mass is 28.3. The molecule has 0 fully saturated rings. The summed E-state index contributed by atoms with van der Waals surface area (Å²) in [6.45, 7) is 12.3. The Morgan fingerprint density at radius 1 is 0.941 bits per heavy atom. The van der Waals surface area contributed by atoms with Crippen LogP contribution in [0.15, 0.2) is 11.3 Å². The molecule has 0 atom stereocenters. The van der Waals surface area contributed by atoms with E-state index < -0.39 is 22.2 Å². The lowest BCUT2D eigenvalue weighted by molar-refractivity contribution is 0.419. The lowest BCUT2D eigenvalue weighted by atomic mass is 10.6. The third kappa shape index (κ3) is 4.76. The van der Waals surface area contributed by atoms with Crippen molar-refractivity contribution < 1.29 is 8.78 Å². The average Bonchev–Trinajstić information content (AvgIpc) is 2.22. The van der Waals surface area contributed by atoms with E-state index >= 15 is 0 Å².